The van der Waals surface area contributed by atoms with Crippen LogP contribution in [-0.4, -0.2) is 14.8 Å². The summed E-state index contributed by atoms with van der Waals surface area (Å²) in [5.74, 6) is 0. The highest BCUT2D eigenvalue weighted by molar-refractivity contribution is 7.17. The van der Waals surface area contributed by atoms with Crippen LogP contribution in [0.2, 0.25) is 0 Å². The second-order valence-corrected chi connectivity index (χ2v) is 8.25. The van der Waals surface area contributed by atoms with Crippen molar-refractivity contribution >= 4 is 32.3 Å². The quantitative estimate of drug-likeness (QED) is 0.400. The lowest BCUT2D eigenvalue weighted by atomic mass is 10.0. The molecule has 0 fully saturated rings. The van der Waals surface area contributed by atoms with E-state index in [0.29, 0.717) is 24.8 Å². The van der Waals surface area contributed by atoms with E-state index < -0.39 is 0 Å². The third-order valence-electron chi connectivity index (χ3n) is 5.37. The maximum Gasteiger partial charge on any atom is 0.276 e. The predicted molar refractivity (Wildman–Crippen MR) is 124 cm³/mol. The number of hydrogen-bond donors (Lipinski definition) is 0. The van der Waals surface area contributed by atoms with Crippen LogP contribution in [0.4, 0.5) is 0 Å². The number of fused-ring (bicyclic) bond motifs is 2. The molecule has 5 nitrogen and oxygen atoms in total. The molecule has 150 valence electrons. The molecule has 0 saturated carbocycles. The minimum Gasteiger partial charge on any atom is -0.267 e. The average molecular weight is 423 g/mol. The minimum atomic E-state index is -0.0874. The Morgan fingerprint density at radius 3 is 2.71 bits per heavy atom. The molecule has 0 radical (unpaired) electrons. The second kappa shape index (κ2) is 8.13. The number of thiophene rings is 1. The van der Waals surface area contributed by atoms with Crippen LogP contribution in [0.15, 0.2) is 77.0 Å². The summed E-state index contributed by atoms with van der Waals surface area (Å²) in [5.41, 5.74) is 4.65. The van der Waals surface area contributed by atoms with Crippen LogP contribution in [-0.2, 0) is 19.4 Å². The molecule has 0 atom stereocenters. The molecule has 0 amide bonds. The van der Waals surface area contributed by atoms with Crippen LogP contribution in [0, 0.1) is 11.3 Å². The Balaban J connectivity index is 1.45. The molecule has 0 bridgehead atoms. The Kier molecular flexibility index (Phi) is 5.03. The molecule has 0 aliphatic heterocycles. The van der Waals surface area contributed by atoms with Crippen LogP contribution in [0.25, 0.3) is 32.1 Å². The van der Waals surface area contributed by atoms with Gasteiger partial charge >= 0.3 is 0 Å². The fourth-order valence-corrected chi connectivity index (χ4v) is 4.65. The standard InChI is InChI=1S/C25H18N4OS/c26-13-11-17-5-7-18(8-6-17)21-16-31-23-15-27-29(25(30)24(21)23)14-12-20-10-9-19-3-1-2-4-22(19)28-20/h1-10,15-16H,11-12,14H2. The van der Waals surface area contributed by atoms with Crippen molar-refractivity contribution in [2.45, 2.75) is 19.4 Å². The van der Waals surface area contributed by atoms with E-state index in [0.717, 1.165) is 38.0 Å². The zero-order valence-corrected chi connectivity index (χ0v) is 17.5. The van der Waals surface area contributed by atoms with Gasteiger partial charge in [-0.15, -0.1) is 11.3 Å². The maximum absolute atomic E-state index is 13.2. The van der Waals surface area contributed by atoms with Gasteiger partial charge in [0.25, 0.3) is 5.56 Å². The van der Waals surface area contributed by atoms with Gasteiger partial charge in [0.15, 0.2) is 0 Å². The van der Waals surface area contributed by atoms with Crippen molar-refractivity contribution < 1.29 is 0 Å². The van der Waals surface area contributed by atoms with E-state index in [9.17, 15) is 4.79 Å². The number of nitriles is 1. The SMILES string of the molecule is N#CCc1ccc(-c2csc3cnn(CCc4ccc5ccccc5n4)c(=O)c23)cc1. The van der Waals surface area contributed by atoms with Gasteiger partial charge in [0.1, 0.15) is 0 Å². The summed E-state index contributed by atoms with van der Waals surface area (Å²) in [6.45, 7) is 0.469. The molecule has 5 rings (SSSR count). The number of para-hydroxylation sites is 1. The van der Waals surface area contributed by atoms with Crippen molar-refractivity contribution in [3.8, 4) is 17.2 Å². The van der Waals surface area contributed by atoms with Crippen molar-refractivity contribution in [3.05, 3.63) is 93.9 Å². The van der Waals surface area contributed by atoms with E-state index in [1.54, 1.807) is 6.20 Å². The van der Waals surface area contributed by atoms with Gasteiger partial charge in [0.2, 0.25) is 0 Å². The first kappa shape index (κ1) is 19.2. The van der Waals surface area contributed by atoms with E-state index in [4.69, 9.17) is 10.2 Å². The van der Waals surface area contributed by atoms with Gasteiger partial charge in [0, 0.05) is 28.4 Å². The fourth-order valence-electron chi connectivity index (χ4n) is 3.73. The number of aryl methyl sites for hydroxylation is 2. The van der Waals surface area contributed by atoms with Crippen molar-refractivity contribution in [1.82, 2.24) is 14.8 Å². The number of hydrogen-bond acceptors (Lipinski definition) is 5. The Morgan fingerprint density at radius 2 is 1.87 bits per heavy atom. The number of aromatic nitrogens is 3. The molecule has 0 N–H and O–H groups in total. The molecule has 0 aliphatic carbocycles. The fraction of sp³-hybridized carbons (Fsp3) is 0.120. The highest BCUT2D eigenvalue weighted by Gasteiger charge is 2.13. The lowest BCUT2D eigenvalue weighted by molar-refractivity contribution is 0.580. The highest BCUT2D eigenvalue weighted by Crippen LogP contribution is 2.31. The first-order chi connectivity index (χ1) is 15.2. The van der Waals surface area contributed by atoms with Crippen molar-refractivity contribution in [1.29, 1.82) is 5.26 Å². The molecule has 6 heteroatoms. The average Bonchev–Trinajstić information content (AvgIpc) is 3.24. The first-order valence-corrected chi connectivity index (χ1v) is 10.9. The molecule has 0 spiro atoms. The molecular weight excluding hydrogens is 404 g/mol. The van der Waals surface area contributed by atoms with Crippen LogP contribution in [0.5, 0.6) is 0 Å². The number of rotatable bonds is 5. The summed E-state index contributed by atoms with van der Waals surface area (Å²) in [6.07, 6.45) is 2.78. The van der Waals surface area contributed by atoms with Crippen LogP contribution in [0.1, 0.15) is 11.3 Å². The van der Waals surface area contributed by atoms with Crippen LogP contribution >= 0.6 is 11.3 Å². The molecule has 3 heterocycles. The third kappa shape index (κ3) is 3.72. The summed E-state index contributed by atoms with van der Waals surface area (Å²) in [5, 5.41) is 17.0. The summed E-state index contributed by atoms with van der Waals surface area (Å²) >= 11 is 1.52. The van der Waals surface area contributed by atoms with Crippen molar-refractivity contribution in [3.63, 3.8) is 0 Å². The number of benzene rings is 2. The summed E-state index contributed by atoms with van der Waals surface area (Å²) in [6, 6.07) is 22.0. The molecule has 2 aromatic carbocycles. The predicted octanol–water partition coefficient (Wildman–Crippen LogP) is 4.98. The van der Waals surface area contributed by atoms with Crippen molar-refractivity contribution in [2.75, 3.05) is 0 Å². The number of nitrogens with zero attached hydrogens (tertiary/aromatic N) is 4. The van der Waals surface area contributed by atoms with E-state index in [1.807, 2.05) is 60.0 Å². The zero-order valence-electron chi connectivity index (χ0n) is 16.7. The Bertz CT molecular complexity index is 1490. The smallest absolute Gasteiger partial charge is 0.267 e. The normalized spacial score (nSPS) is 11.1. The Morgan fingerprint density at radius 1 is 1.03 bits per heavy atom. The van der Waals surface area contributed by atoms with Crippen LogP contribution in [0.3, 0.4) is 0 Å². The summed E-state index contributed by atoms with van der Waals surface area (Å²) < 4.78 is 2.40. The van der Waals surface area contributed by atoms with Crippen molar-refractivity contribution in [2.24, 2.45) is 0 Å². The van der Waals surface area contributed by atoms with Crippen LogP contribution < -0.4 is 5.56 Å². The Labute approximate surface area is 182 Å². The number of pyridine rings is 1. The summed E-state index contributed by atoms with van der Waals surface area (Å²) in [7, 11) is 0. The van der Waals surface area contributed by atoms with Gasteiger partial charge < -0.3 is 0 Å². The maximum atomic E-state index is 13.2. The van der Waals surface area contributed by atoms with Gasteiger partial charge in [-0.25, -0.2) is 4.68 Å². The molecule has 0 saturated heterocycles. The monoisotopic (exact) mass is 422 g/mol. The van der Waals surface area contributed by atoms with Gasteiger partial charge in [-0.1, -0.05) is 48.5 Å². The van der Waals surface area contributed by atoms with E-state index in [-0.39, 0.29) is 5.56 Å². The lowest BCUT2D eigenvalue weighted by Gasteiger charge is -2.07. The zero-order chi connectivity index (χ0) is 21.2. The van der Waals surface area contributed by atoms with Gasteiger partial charge in [0.05, 0.1) is 40.8 Å². The second-order valence-electron chi connectivity index (χ2n) is 7.34. The first-order valence-electron chi connectivity index (χ1n) is 10.0. The van der Waals surface area contributed by atoms with Gasteiger partial charge in [-0.2, -0.15) is 10.4 Å². The van der Waals surface area contributed by atoms with Gasteiger partial charge in [-0.3, -0.25) is 9.78 Å². The molecule has 0 aliphatic rings. The third-order valence-corrected chi connectivity index (χ3v) is 6.28. The molecule has 3 aromatic heterocycles. The van der Waals surface area contributed by atoms with E-state index >= 15 is 0 Å². The molecular formula is C25H18N4OS. The summed E-state index contributed by atoms with van der Waals surface area (Å²) in [4.78, 5) is 17.9. The van der Waals surface area contributed by atoms with Gasteiger partial charge in [-0.05, 0) is 23.3 Å². The molecule has 0 unspecified atom stereocenters. The lowest BCUT2D eigenvalue weighted by Crippen LogP contribution is -2.23. The Hall–Kier alpha value is -3.82. The topological polar surface area (TPSA) is 71.6 Å². The van der Waals surface area contributed by atoms with E-state index in [2.05, 4.69) is 17.2 Å². The largest absolute Gasteiger partial charge is 0.276 e. The minimum absolute atomic E-state index is 0.0874. The highest BCUT2D eigenvalue weighted by atomic mass is 32.1. The molecule has 5 aromatic rings. The molecule has 31 heavy (non-hydrogen) atoms. The van der Waals surface area contributed by atoms with E-state index in [1.165, 1.54) is 16.0 Å².